The van der Waals surface area contributed by atoms with Crippen LogP contribution in [0.3, 0.4) is 0 Å². The number of nitrogens with zero attached hydrogens (tertiary/aromatic N) is 1. The van der Waals surface area contributed by atoms with Crippen LogP contribution in [0.25, 0.3) is 0 Å². The highest BCUT2D eigenvalue weighted by molar-refractivity contribution is 5.50. The van der Waals surface area contributed by atoms with Crippen LogP contribution in [-0.4, -0.2) is 29.4 Å². The zero-order chi connectivity index (χ0) is 13.1. The summed E-state index contributed by atoms with van der Waals surface area (Å²) in [6.45, 7) is 5.38. The molecule has 0 aliphatic carbocycles. The highest BCUT2D eigenvalue weighted by Gasteiger charge is 2.30. The number of hydrogen-bond acceptors (Lipinski definition) is 3. The lowest BCUT2D eigenvalue weighted by Gasteiger charge is -2.27. The first-order valence-electron chi connectivity index (χ1n) is 6.83. The number of hydrogen-bond donors (Lipinski definition) is 2. The maximum absolute atomic E-state index is 9.77. The third-order valence-electron chi connectivity index (χ3n) is 4.07. The fourth-order valence-electron chi connectivity index (χ4n) is 2.73. The number of aliphatic hydroxyl groups is 2. The number of aliphatic hydroxyl groups excluding tert-OH is 2. The highest BCUT2D eigenvalue weighted by atomic mass is 16.3. The van der Waals surface area contributed by atoms with Crippen molar-refractivity contribution in [1.29, 1.82) is 0 Å². The van der Waals surface area contributed by atoms with Gasteiger partial charge in [-0.3, -0.25) is 0 Å². The Morgan fingerprint density at radius 2 is 2.00 bits per heavy atom. The first-order valence-corrected chi connectivity index (χ1v) is 6.83. The molecule has 1 aromatic carbocycles. The van der Waals surface area contributed by atoms with Crippen molar-refractivity contribution in [3.8, 4) is 0 Å². The van der Waals surface area contributed by atoms with E-state index in [-0.39, 0.29) is 18.8 Å². The van der Waals surface area contributed by atoms with Crippen LogP contribution in [0.15, 0.2) is 24.3 Å². The van der Waals surface area contributed by atoms with Gasteiger partial charge in [-0.1, -0.05) is 26.0 Å². The summed E-state index contributed by atoms with van der Waals surface area (Å²) in [6, 6.07) is 8.30. The Morgan fingerprint density at radius 3 is 2.56 bits per heavy atom. The molecule has 0 bridgehead atoms. The zero-order valence-electron chi connectivity index (χ0n) is 11.2. The molecular formula is C15H23NO2. The van der Waals surface area contributed by atoms with Gasteiger partial charge in [-0.15, -0.1) is 0 Å². The van der Waals surface area contributed by atoms with E-state index >= 15 is 0 Å². The molecule has 18 heavy (non-hydrogen) atoms. The van der Waals surface area contributed by atoms with Crippen molar-refractivity contribution in [2.45, 2.75) is 38.8 Å². The summed E-state index contributed by atoms with van der Waals surface area (Å²) in [5, 5.41) is 19.2. The minimum atomic E-state index is -0.370. The molecule has 3 heteroatoms. The molecule has 0 aromatic heterocycles. The Morgan fingerprint density at radius 1 is 1.33 bits per heavy atom. The van der Waals surface area contributed by atoms with E-state index in [2.05, 4.69) is 24.0 Å². The maximum atomic E-state index is 9.77. The van der Waals surface area contributed by atoms with E-state index in [1.165, 1.54) is 0 Å². The fraction of sp³-hybridized carbons (Fsp3) is 0.600. The number of rotatable bonds is 4. The largest absolute Gasteiger partial charge is 0.394 e. The smallest absolute Gasteiger partial charge is 0.0787 e. The lowest BCUT2D eigenvalue weighted by molar-refractivity contribution is 0.173. The van der Waals surface area contributed by atoms with Gasteiger partial charge in [0.2, 0.25) is 0 Å². The van der Waals surface area contributed by atoms with Gasteiger partial charge in [0.25, 0.3) is 0 Å². The van der Waals surface area contributed by atoms with Crippen LogP contribution in [-0.2, 0) is 0 Å². The molecular weight excluding hydrogens is 226 g/mol. The van der Waals surface area contributed by atoms with Gasteiger partial charge in [0.05, 0.1) is 18.8 Å². The predicted molar refractivity (Wildman–Crippen MR) is 73.7 cm³/mol. The van der Waals surface area contributed by atoms with Crippen LogP contribution in [0.1, 0.15) is 38.4 Å². The van der Waals surface area contributed by atoms with Crippen molar-refractivity contribution in [3.63, 3.8) is 0 Å². The zero-order valence-corrected chi connectivity index (χ0v) is 11.2. The third kappa shape index (κ3) is 2.52. The van der Waals surface area contributed by atoms with Crippen LogP contribution in [0.2, 0.25) is 0 Å². The Balaban J connectivity index is 2.14. The third-order valence-corrected chi connectivity index (χ3v) is 4.07. The van der Waals surface area contributed by atoms with E-state index in [4.69, 9.17) is 0 Å². The van der Waals surface area contributed by atoms with Gasteiger partial charge in [-0.2, -0.15) is 0 Å². The van der Waals surface area contributed by atoms with Gasteiger partial charge in [-0.25, -0.2) is 0 Å². The summed E-state index contributed by atoms with van der Waals surface area (Å²) in [7, 11) is 0. The molecule has 3 atom stereocenters. The van der Waals surface area contributed by atoms with Crippen molar-refractivity contribution in [2.75, 3.05) is 18.1 Å². The first kappa shape index (κ1) is 13.4. The highest BCUT2D eigenvalue weighted by Crippen LogP contribution is 2.30. The lowest BCUT2D eigenvalue weighted by Crippen LogP contribution is -2.35. The standard InChI is InChI=1S/C15H23NO2/c1-3-15(18)12-4-6-13(7-5-12)16-9-8-11(2)14(16)10-17/h4-7,11,14-15,17-18H,3,8-10H2,1-2H3/t11?,14?,15-/m1/s1. The molecule has 1 saturated heterocycles. The summed E-state index contributed by atoms with van der Waals surface area (Å²) in [6.07, 6.45) is 1.49. The molecule has 1 aliphatic heterocycles. The van der Waals surface area contributed by atoms with Crippen molar-refractivity contribution in [2.24, 2.45) is 5.92 Å². The van der Waals surface area contributed by atoms with Crippen LogP contribution < -0.4 is 4.90 Å². The molecule has 0 spiro atoms. The minimum absolute atomic E-state index is 0.209. The summed E-state index contributed by atoms with van der Waals surface area (Å²) < 4.78 is 0. The van der Waals surface area contributed by atoms with Crippen molar-refractivity contribution < 1.29 is 10.2 Å². The second-order valence-corrected chi connectivity index (χ2v) is 5.22. The second-order valence-electron chi connectivity index (χ2n) is 5.22. The van der Waals surface area contributed by atoms with Gasteiger partial charge >= 0.3 is 0 Å². The Bertz CT molecular complexity index is 377. The monoisotopic (exact) mass is 249 g/mol. The summed E-state index contributed by atoms with van der Waals surface area (Å²) in [5.74, 6) is 0.538. The molecule has 1 aliphatic rings. The predicted octanol–water partition coefficient (Wildman–Crippen LogP) is 2.34. The van der Waals surface area contributed by atoms with E-state index in [0.29, 0.717) is 5.92 Å². The van der Waals surface area contributed by atoms with Crippen LogP contribution >= 0.6 is 0 Å². The molecule has 2 rings (SSSR count). The van der Waals surface area contributed by atoms with E-state index in [1.807, 2.05) is 19.1 Å². The molecule has 0 saturated carbocycles. The van der Waals surface area contributed by atoms with Gasteiger partial charge in [0.1, 0.15) is 0 Å². The molecule has 1 heterocycles. The first-order chi connectivity index (χ1) is 8.67. The number of anilines is 1. The van der Waals surface area contributed by atoms with Gasteiger partial charge in [-0.05, 0) is 36.5 Å². The summed E-state index contributed by atoms with van der Waals surface area (Å²) >= 11 is 0. The van der Waals surface area contributed by atoms with Gasteiger partial charge in [0, 0.05) is 12.2 Å². The van der Waals surface area contributed by atoms with E-state index < -0.39 is 0 Å². The van der Waals surface area contributed by atoms with Crippen molar-refractivity contribution in [3.05, 3.63) is 29.8 Å². The maximum Gasteiger partial charge on any atom is 0.0787 e. The Kier molecular flexibility index (Phi) is 4.25. The molecule has 0 amide bonds. The second kappa shape index (κ2) is 5.72. The average Bonchev–Trinajstić information content (AvgIpc) is 2.79. The normalized spacial score (nSPS) is 25.4. The lowest BCUT2D eigenvalue weighted by atomic mass is 10.0. The van der Waals surface area contributed by atoms with Gasteiger partial charge < -0.3 is 15.1 Å². The molecule has 2 unspecified atom stereocenters. The fourth-order valence-corrected chi connectivity index (χ4v) is 2.73. The minimum Gasteiger partial charge on any atom is -0.394 e. The SMILES string of the molecule is CC[C@@H](O)c1ccc(N2CCC(C)C2CO)cc1. The van der Waals surface area contributed by atoms with E-state index in [0.717, 1.165) is 30.6 Å². The summed E-state index contributed by atoms with van der Waals surface area (Å²) in [5.41, 5.74) is 2.11. The Hall–Kier alpha value is -1.06. The van der Waals surface area contributed by atoms with E-state index in [1.54, 1.807) is 0 Å². The van der Waals surface area contributed by atoms with E-state index in [9.17, 15) is 10.2 Å². The molecule has 0 radical (unpaired) electrons. The molecule has 1 fully saturated rings. The van der Waals surface area contributed by atoms with Crippen LogP contribution in [0, 0.1) is 5.92 Å². The van der Waals surface area contributed by atoms with Crippen molar-refractivity contribution >= 4 is 5.69 Å². The Labute approximate surface area is 109 Å². The molecule has 100 valence electrons. The topological polar surface area (TPSA) is 43.7 Å². The van der Waals surface area contributed by atoms with Crippen molar-refractivity contribution in [1.82, 2.24) is 0 Å². The number of benzene rings is 1. The molecule has 2 N–H and O–H groups in total. The average molecular weight is 249 g/mol. The molecule has 3 nitrogen and oxygen atoms in total. The van der Waals surface area contributed by atoms with Crippen LogP contribution in [0.5, 0.6) is 0 Å². The molecule has 1 aromatic rings. The quantitative estimate of drug-likeness (QED) is 0.861. The van der Waals surface area contributed by atoms with Crippen LogP contribution in [0.4, 0.5) is 5.69 Å². The summed E-state index contributed by atoms with van der Waals surface area (Å²) in [4.78, 5) is 2.27. The van der Waals surface area contributed by atoms with Gasteiger partial charge in [0.15, 0.2) is 0 Å².